The number of likely N-dealkylation sites (N-methyl/N-ethyl adjacent to an activating group) is 1. The van der Waals surface area contributed by atoms with Crippen LogP contribution in [0.2, 0.25) is 0 Å². The molecule has 1 heterocycles. The van der Waals surface area contributed by atoms with Crippen LogP contribution >= 0.6 is 0 Å². The third-order valence-electron chi connectivity index (χ3n) is 5.19. The lowest BCUT2D eigenvalue weighted by atomic mass is 9.88. The summed E-state index contributed by atoms with van der Waals surface area (Å²) in [6.07, 6.45) is 1.30. The van der Waals surface area contributed by atoms with Crippen molar-refractivity contribution < 1.29 is 14.3 Å². The van der Waals surface area contributed by atoms with Crippen LogP contribution in [0.3, 0.4) is 0 Å². The summed E-state index contributed by atoms with van der Waals surface area (Å²) in [5.74, 6) is 0. The first kappa shape index (κ1) is 19.6. The Hall–Kier alpha value is -3.17. The maximum atomic E-state index is 12.3. The predicted molar refractivity (Wildman–Crippen MR) is 107 cm³/mol. The van der Waals surface area contributed by atoms with Crippen LogP contribution in [0, 0.1) is 11.3 Å². The van der Waals surface area contributed by atoms with E-state index in [1.807, 2.05) is 62.4 Å². The number of hydrogen-bond acceptors (Lipinski definition) is 5. The van der Waals surface area contributed by atoms with Gasteiger partial charge in [0.2, 0.25) is 0 Å². The first-order chi connectivity index (χ1) is 13.7. The molecule has 1 aliphatic heterocycles. The Morgan fingerprint density at radius 3 is 2.57 bits per heavy atom. The number of ether oxygens (including phenoxy) is 1. The Morgan fingerprint density at radius 2 is 1.96 bits per heavy atom. The summed E-state index contributed by atoms with van der Waals surface area (Å²) in [6.45, 7) is 3.15. The van der Waals surface area contributed by atoms with E-state index in [9.17, 15) is 10.1 Å². The second-order valence-electron chi connectivity index (χ2n) is 6.96. The van der Waals surface area contributed by atoms with Crippen molar-refractivity contribution in [1.82, 2.24) is 5.32 Å². The molecule has 1 saturated carbocycles. The van der Waals surface area contributed by atoms with Gasteiger partial charge in [-0.3, -0.25) is 4.90 Å². The lowest BCUT2D eigenvalue weighted by Crippen LogP contribution is -2.29. The average molecular weight is 377 g/mol. The van der Waals surface area contributed by atoms with Crippen LogP contribution in [-0.2, 0) is 14.9 Å². The topological polar surface area (TPSA) is 82.4 Å². The number of rotatable bonds is 5. The van der Waals surface area contributed by atoms with Crippen molar-refractivity contribution in [1.29, 1.82) is 5.26 Å². The lowest BCUT2D eigenvalue weighted by molar-refractivity contribution is -0.0980. The molecular weight excluding hydrogens is 354 g/mol. The number of benzene rings is 2. The van der Waals surface area contributed by atoms with Gasteiger partial charge in [0.05, 0.1) is 18.0 Å². The van der Waals surface area contributed by atoms with E-state index in [1.165, 1.54) is 0 Å². The van der Waals surface area contributed by atoms with Gasteiger partial charge >= 0.3 is 6.09 Å². The van der Waals surface area contributed by atoms with Gasteiger partial charge in [0.25, 0.3) is 0 Å². The molecule has 1 atom stereocenters. The van der Waals surface area contributed by atoms with Crippen molar-refractivity contribution in [3.63, 3.8) is 0 Å². The third-order valence-corrected chi connectivity index (χ3v) is 5.19. The minimum Gasteiger partial charge on any atom is -0.443 e. The van der Waals surface area contributed by atoms with Crippen molar-refractivity contribution in [2.75, 3.05) is 25.0 Å². The Balaban J connectivity index is 0.00000109. The monoisotopic (exact) mass is 377 g/mol. The van der Waals surface area contributed by atoms with Crippen molar-refractivity contribution in [3.05, 3.63) is 54.1 Å². The number of cyclic esters (lactones) is 1. The smallest absolute Gasteiger partial charge is 0.414 e. The van der Waals surface area contributed by atoms with E-state index in [0.29, 0.717) is 13.1 Å². The minimum absolute atomic E-state index is 0.152. The molecule has 6 heteroatoms. The van der Waals surface area contributed by atoms with E-state index in [2.05, 4.69) is 11.4 Å². The molecular formula is C22H23N3O3. The van der Waals surface area contributed by atoms with Gasteiger partial charge in [-0.1, -0.05) is 36.4 Å². The molecule has 0 bridgehead atoms. The van der Waals surface area contributed by atoms with Crippen LogP contribution in [0.1, 0.15) is 18.4 Å². The first-order valence-electron chi connectivity index (χ1n) is 9.20. The standard InChI is InChI=1S/C21H21N3O2.CH2O/c1-23-12-17-13-24(20(25)26-17)16-7-8-19(21(14-22)9-10-21)18(11-16)15-5-3-2-4-6-15;1-2/h2-8,11,17,23H,9-10,12-13H2,1H3;1H2/t17-;/m0./s1. The zero-order valence-corrected chi connectivity index (χ0v) is 15.9. The number of nitrogens with zero attached hydrogens (tertiary/aromatic N) is 2. The largest absolute Gasteiger partial charge is 0.443 e. The summed E-state index contributed by atoms with van der Waals surface area (Å²) in [6, 6.07) is 18.5. The molecule has 1 amide bonds. The van der Waals surface area contributed by atoms with Crippen LogP contribution in [0.25, 0.3) is 11.1 Å². The highest BCUT2D eigenvalue weighted by Gasteiger charge is 2.46. The fourth-order valence-corrected chi connectivity index (χ4v) is 3.61. The van der Waals surface area contributed by atoms with Crippen LogP contribution in [0.4, 0.5) is 10.5 Å². The molecule has 0 spiro atoms. The molecule has 2 fully saturated rings. The number of nitrogens with one attached hydrogen (secondary N) is 1. The number of anilines is 1. The zero-order valence-electron chi connectivity index (χ0n) is 15.9. The summed E-state index contributed by atoms with van der Waals surface area (Å²) < 4.78 is 5.42. The third kappa shape index (κ3) is 3.62. The number of hydrogen-bond donors (Lipinski definition) is 1. The summed E-state index contributed by atoms with van der Waals surface area (Å²) in [4.78, 5) is 22.0. The highest BCUT2D eigenvalue weighted by molar-refractivity contribution is 5.91. The van der Waals surface area contributed by atoms with Gasteiger partial charge in [0.15, 0.2) is 0 Å². The SMILES string of the molecule is C=O.CNC[C@H]1CN(c2ccc(C3(C#N)CC3)c(-c3ccccc3)c2)C(=O)O1. The van der Waals surface area contributed by atoms with Gasteiger partial charge in [-0.15, -0.1) is 0 Å². The van der Waals surface area contributed by atoms with Crippen molar-refractivity contribution in [2.45, 2.75) is 24.4 Å². The van der Waals surface area contributed by atoms with E-state index >= 15 is 0 Å². The van der Waals surface area contributed by atoms with E-state index in [4.69, 9.17) is 9.53 Å². The highest BCUT2D eigenvalue weighted by Crippen LogP contribution is 2.51. The molecule has 2 aliphatic rings. The van der Waals surface area contributed by atoms with Gasteiger partial charge in [-0.05, 0) is 48.7 Å². The molecule has 4 rings (SSSR count). The van der Waals surface area contributed by atoms with Crippen LogP contribution < -0.4 is 10.2 Å². The van der Waals surface area contributed by atoms with E-state index in [1.54, 1.807) is 4.90 Å². The summed E-state index contributed by atoms with van der Waals surface area (Å²) in [5, 5.41) is 12.7. The molecule has 1 aliphatic carbocycles. The quantitative estimate of drug-likeness (QED) is 0.865. The molecule has 1 N–H and O–H groups in total. The lowest BCUT2D eigenvalue weighted by Gasteiger charge is -2.19. The summed E-state index contributed by atoms with van der Waals surface area (Å²) in [5.41, 5.74) is 3.56. The molecule has 0 unspecified atom stereocenters. The molecule has 2 aromatic rings. The van der Waals surface area contributed by atoms with E-state index < -0.39 is 0 Å². The normalized spacial score (nSPS) is 19.2. The summed E-state index contributed by atoms with van der Waals surface area (Å²) in [7, 11) is 1.84. The first-order valence-corrected chi connectivity index (χ1v) is 9.20. The number of carbonyl (C=O) groups excluding carboxylic acids is 2. The van der Waals surface area contributed by atoms with Gasteiger partial charge in [-0.2, -0.15) is 5.26 Å². The van der Waals surface area contributed by atoms with Crippen LogP contribution in [0.15, 0.2) is 48.5 Å². The average Bonchev–Trinajstić information content (AvgIpc) is 3.46. The van der Waals surface area contributed by atoms with E-state index in [-0.39, 0.29) is 17.6 Å². The second-order valence-corrected chi connectivity index (χ2v) is 6.96. The van der Waals surface area contributed by atoms with Gasteiger partial charge in [0.1, 0.15) is 12.9 Å². The van der Waals surface area contributed by atoms with Gasteiger partial charge < -0.3 is 14.8 Å². The second kappa shape index (κ2) is 8.24. The van der Waals surface area contributed by atoms with Crippen LogP contribution in [0.5, 0.6) is 0 Å². The minimum atomic E-state index is -0.385. The molecule has 144 valence electrons. The zero-order chi connectivity index (χ0) is 20.1. The molecule has 1 saturated heterocycles. The Bertz CT molecular complexity index is 888. The van der Waals surface area contributed by atoms with Gasteiger partial charge in [-0.25, -0.2) is 4.79 Å². The summed E-state index contributed by atoms with van der Waals surface area (Å²) >= 11 is 0. The molecule has 6 nitrogen and oxygen atoms in total. The Kier molecular flexibility index (Phi) is 5.76. The van der Waals surface area contributed by atoms with E-state index in [0.717, 1.165) is 35.2 Å². The Labute approximate surface area is 164 Å². The Morgan fingerprint density at radius 1 is 1.25 bits per heavy atom. The molecule has 0 aromatic heterocycles. The number of carbonyl (C=O) groups is 2. The fraction of sp³-hybridized carbons (Fsp3) is 0.318. The molecule has 0 radical (unpaired) electrons. The molecule has 28 heavy (non-hydrogen) atoms. The molecule has 2 aromatic carbocycles. The van der Waals surface area contributed by atoms with Crippen LogP contribution in [-0.4, -0.2) is 39.1 Å². The maximum Gasteiger partial charge on any atom is 0.414 e. The maximum absolute atomic E-state index is 12.3. The van der Waals surface area contributed by atoms with Crippen molar-refractivity contribution >= 4 is 18.6 Å². The highest BCUT2D eigenvalue weighted by atomic mass is 16.6. The number of amides is 1. The predicted octanol–water partition coefficient (Wildman–Crippen LogP) is 3.27. The van der Waals surface area contributed by atoms with Crippen molar-refractivity contribution in [2.24, 2.45) is 0 Å². The fourth-order valence-electron chi connectivity index (χ4n) is 3.61. The number of nitriles is 1. The van der Waals surface area contributed by atoms with Crippen molar-refractivity contribution in [3.8, 4) is 17.2 Å². The van der Waals surface area contributed by atoms with Gasteiger partial charge in [0, 0.05) is 12.2 Å².